The molecule has 1 aromatic rings. The standard InChI is InChI=1S/C12H12BrClFNO3S/c1-7-2-3-16(6-7)12(17)8-4-9(15)11(13)10(5-8)20(14,18)19/h4-5,7H,2-3,6H2,1H3. The van der Waals surface area contributed by atoms with Crippen LogP contribution in [0.25, 0.3) is 0 Å². The summed E-state index contributed by atoms with van der Waals surface area (Å²) in [4.78, 5) is 13.4. The van der Waals surface area contributed by atoms with E-state index in [9.17, 15) is 17.6 Å². The van der Waals surface area contributed by atoms with Gasteiger partial charge in [-0.2, -0.15) is 0 Å². The van der Waals surface area contributed by atoms with Gasteiger partial charge in [-0.3, -0.25) is 4.79 Å². The summed E-state index contributed by atoms with van der Waals surface area (Å²) < 4.78 is 36.3. The van der Waals surface area contributed by atoms with Gasteiger partial charge >= 0.3 is 0 Å². The molecule has 0 aliphatic carbocycles. The van der Waals surface area contributed by atoms with Crippen molar-refractivity contribution in [1.82, 2.24) is 4.90 Å². The zero-order valence-electron chi connectivity index (χ0n) is 10.6. The second-order valence-corrected chi connectivity index (χ2v) is 8.18. The molecule has 0 bridgehead atoms. The lowest BCUT2D eigenvalue weighted by Crippen LogP contribution is -2.28. The quantitative estimate of drug-likeness (QED) is 0.737. The van der Waals surface area contributed by atoms with E-state index in [-0.39, 0.29) is 15.9 Å². The van der Waals surface area contributed by atoms with Gasteiger partial charge in [0, 0.05) is 29.3 Å². The van der Waals surface area contributed by atoms with E-state index in [4.69, 9.17) is 10.7 Å². The SMILES string of the molecule is CC1CCN(C(=O)c2cc(F)c(Br)c(S(=O)(=O)Cl)c2)C1. The van der Waals surface area contributed by atoms with Crippen molar-refractivity contribution >= 4 is 41.6 Å². The Bertz CT molecular complexity index is 665. The van der Waals surface area contributed by atoms with Gasteiger partial charge in [-0.05, 0) is 40.4 Å². The van der Waals surface area contributed by atoms with Gasteiger partial charge in [0.05, 0.1) is 4.47 Å². The molecule has 2 rings (SSSR count). The van der Waals surface area contributed by atoms with Gasteiger partial charge in [0.25, 0.3) is 15.0 Å². The van der Waals surface area contributed by atoms with Gasteiger partial charge in [-0.15, -0.1) is 0 Å². The third kappa shape index (κ3) is 3.15. The fourth-order valence-corrected chi connectivity index (χ4v) is 4.26. The van der Waals surface area contributed by atoms with Crippen LogP contribution in [0.1, 0.15) is 23.7 Å². The van der Waals surface area contributed by atoms with Crippen molar-refractivity contribution in [3.63, 3.8) is 0 Å². The van der Waals surface area contributed by atoms with Gasteiger partial charge < -0.3 is 4.90 Å². The van der Waals surface area contributed by atoms with Crippen LogP contribution in [-0.4, -0.2) is 32.3 Å². The van der Waals surface area contributed by atoms with Crippen LogP contribution in [0, 0.1) is 11.7 Å². The van der Waals surface area contributed by atoms with E-state index >= 15 is 0 Å². The summed E-state index contributed by atoms with van der Waals surface area (Å²) >= 11 is 2.83. The molecule has 0 saturated carbocycles. The largest absolute Gasteiger partial charge is 0.338 e. The summed E-state index contributed by atoms with van der Waals surface area (Å²) in [6.45, 7) is 3.18. The highest BCUT2D eigenvalue weighted by molar-refractivity contribution is 9.10. The van der Waals surface area contributed by atoms with Crippen molar-refractivity contribution in [3.05, 3.63) is 28.0 Å². The number of likely N-dealkylation sites (tertiary alicyclic amines) is 1. The predicted octanol–water partition coefficient (Wildman–Crippen LogP) is 3.00. The fourth-order valence-electron chi connectivity index (χ4n) is 2.17. The van der Waals surface area contributed by atoms with Gasteiger partial charge in [0.15, 0.2) is 0 Å². The molecule has 0 N–H and O–H groups in total. The summed E-state index contributed by atoms with van der Waals surface area (Å²) in [5.41, 5.74) is -0.0148. The molecule has 1 aliphatic rings. The lowest BCUT2D eigenvalue weighted by molar-refractivity contribution is 0.0787. The normalized spacial score (nSPS) is 19.4. The van der Waals surface area contributed by atoms with Crippen LogP contribution in [0.3, 0.4) is 0 Å². The maximum absolute atomic E-state index is 13.8. The maximum Gasteiger partial charge on any atom is 0.262 e. The Morgan fingerprint density at radius 3 is 2.65 bits per heavy atom. The average molecular weight is 385 g/mol. The minimum absolute atomic E-state index is 0.0148. The van der Waals surface area contributed by atoms with Gasteiger partial charge in [-0.25, -0.2) is 12.8 Å². The summed E-state index contributed by atoms with van der Waals surface area (Å²) in [5.74, 6) is -0.833. The van der Waals surface area contributed by atoms with Gasteiger partial charge in [0.1, 0.15) is 10.7 Å². The second-order valence-electron chi connectivity index (χ2n) is 4.85. The number of nitrogens with zero attached hydrogens (tertiary/aromatic N) is 1. The van der Waals surface area contributed by atoms with Crippen LogP contribution in [-0.2, 0) is 9.05 Å². The van der Waals surface area contributed by atoms with E-state index < -0.39 is 19.8 Å². The Balaban J connectivity index is 2.43. The van der Waals surface area contributed by atoms with Crippen LogP contribution in [0.4, 0.5) is 4.39 Å². The van der Waals surface area contributed by atoms with E-state index in [2.05, 4.69) is 15.9 Å². The molecule has 1 amide bonds. The molecule has 1 heterocycles. The highest BCUT2D eigenvalue weighted by Gasteiger charge is 2.27. The smallest absolute Gasteiger partial charge is 0.262 e. The number of hydrogen-bond donors (Lipinski definition) is 0. The minimum atomic E-state index is -4.13. The Labute approximate surface area is 129 Å². The minimum Gasteiger partial charge on any atom is -0.338 e. The molecule has 1 aromatic carbocycles. The van der Waals surface area contributed by atoms with Crippen molar-refractivity contribution in [2.24, 2.45) is 5.92 Å². The van der Waals surface area contributed by atoms with Crippen molar-refractivity contribution in [3.8, 4) is 0 Å². The molecular weight excluding hydrogens is 373 g/mol. The molecule has 8 heteroatoms. The first-order valence-corrected chi connectivity index (χ1v) is 9.03. The molecule has 1 saturated heterocycles. The van der Waals surface area contributed by atoms with E-state index in [0.717, 1.165) is 18.6 Å². The highest BCUT2D eigenvalue weighted by Crippen LogP contribution is 2.30. The first-order chi connectivity index (χ1) is 9.20. The van der Waals surface area contributed by atoms with Crippen molar-refractivity contribution in [1.29, 1.82) is 0 Å². The molecule has 4 nitrogen and oxygen atoms in total. The third-order valence-electron chi connectivity index (χ3n) is 3.22. The molecular formula is C12H12BrClFNO3S. The van der Waals surface area contributed by atoms with Gasteiger partial charge in [0.2, 0.25) is 0 Å². The summed E-state index contributed by atoms with van der Waals surface area (Å²) in [6, 6.07) is 2.11. The summed E-state index contributed by atoms with van der Waals surface area (Å²) in [5, 5.41) is 0. The third-order valence-corrected chi connectivity index (χ3v) is 5.63. The number of rotatable bonds is 2. The van der Waals surface area contributed by atoms with Crippen LogP contribution in [0.2, 0.25) is 0 Å². The van der Waals surface area contributed by atoms with E-state index in [1.54, 1.807) is 4.90 Å². The molecule has 1 fully saturated rings. The number of carbonyl (C=O) groups excluding carboxylic acids is 1. The fraction of sp³-hybridized carbons (Fsp3) is 0.417. The number of carbonyl (C=O) groups is 1. The van der Waals surface area contributed by atoms with Gasteiger partial charge in [-0.1, -0.05) is 6.92 Å². The van der Waals surface area contributed by atoms with Crippen molar-refractivity contribution in [2.45, 2.75) is 18.2 Å². The predicted molar refractivity (Wildman–Crippen MR) is 76.8 cm³/mol. The van der Waals surface area contributed by atoms with Crippen LogP contribution in [0.15, 0.2) is 21.5 Å². The molecule has 1 atom stereocenters. The topological polar surface area (TPSA) is 54.5 Å². The molecule has 0 spiro atoms. The molecule has 1 aliphatic heterocycles. The first-order valence-electron chi connectivity index (χ1n) is 5.93. The maximum atomic E-state index is 13.8. The molecule has 0 aromatic heterocycles. The summed E-state index contributed by atoms with van der Waals surface area (Å²) in [7, 11) is 1.11. The van der Waals surface area contributed by atoms with Crippen LogP contribution >= 0.6 is 26.6 Å². The van der Waals surface area contributed by atoms with E-state index in [1.165, 1.54) is 0 Å². The van der Waals surface area contributed by atoms with Crippen molar-refractivity contribution in [2.75, 3.05) is 13.1 Å². The Kier molecular flexibility index (Phi) is 4.41. The highest BCUT2D eigenvalue weighted by atomic mass is 79.9. The molecule has 20 heavy (non-hydrogen) atoms. The van der Waals surface area contributed by atoms with Crippen LogP contribution in [0.5, 0.6) is 0 Å². The number of amides is 1. The lowest BCUT2D eigenvalue weighted by Gasteiger charge is -2.16. The van der Waals surface area contributed by atoms with E-state index in [0.29, 0.717) is 19.0 Å². The zero-order chi connectivity index (χ0) is 15.1. The van der Waals surface area contributed by atoms with Crippen LogP contribution < -0.4 is 0 Å². The molecule has 110 valence electrons. The monoisotopic (exact) mass is 383 g/mol. The van der Waals surface area contributed by atoms with Crippen molar-refractivity contribution < 1.29 is 17.6 Å². The average Bonchev–Trinajstić information content (AvgIpc) is 2.76. The Hall–Kier alpha value is -0.660. The number of benzene rings is 1. The summed E-state index contributed by atoms with van der Waals surface area (Å²) in [6.07, 6.45) is 0.880. The molecule has 1 unspecified atom stereocenters. The number of hydrogen-bond acceptors (Lipinski definition) is 3. The zero-order valence-corrected chi connectivity index (χ0v) is 13.7. The lowest BCUT2D eigenvalue weighted by atomic mass is 10.2. The Morgan fingerprint density at radius 1 is 1.50 bits per heavy atom. The molecule has 0 radical (unpaired) electrons. The second kappa shape index (κ2) is 5.61. The number of halogens is 3. The Morgan fingerprint density at radius 2 is 2.15 bits per heavy atom. The van der Waals surface area contributed by atoms with E-state index in [1.807, 2.05) is 6.92 Å². The first kappa shape index (κ1) is 15.7.